The van der Waals surface area contributed by atoms with Crippen molar-refractivity contribution in [1.82, 2.24) is 9.88 Å². The van der Waals surface area contributed by atoms with Crippen molar-refractivity contribution < 1.29 is 9.53 Å². The van der Waals surface area contributed by atoms with Gasteiger partial charge in [0.15, 0.2) is 5.13 Å². The molecule has 2 heterocycles. The van der Waals surface area contributed by atoms with E-state index in [1.807, 2.05) is 35.2 Å². The molecule has 5 rings (SSSR count). The van der Waals surface area contributed by atoms with Crippen molar-refractivity contribution in [2.75, 3.05) is 44.3 Å². The normalized spacial score (nSPS) is 14.3. The molecule has 0 unspecified atom stereocenters. The molecule has 1 amide bonds. The van der Waals surface area contributed by atoms with E-state index >= 15 is 0 Å². The van der Waals surface area contributed by atoms with Gasteiger partial charge in [-0.2, -0.15) is 0 Å². The van der Waals surface area contributed by atoms with Crippen LogP contribution in [0.5, 0.6) is 0 Å². The molecule has 1 aliphatic rings. The van der Waals surface area contributed by atoms with Crippen LogP contribution >= 0.6 is 27.3 Å². The summed E-state index contributed by atoms with van der Waals surface area (Å²) in [5, 5.41) is 0.769. The molecule has 1 aliphatic heterocycles. The predicted octanol–water partition coefficient (Wildman–Crippen LogP) is 6.02. The Hall–Kier alpha value is -2.58. The highest BCUT2D eigenvalue weighted by atomic mass is 79.9. The number of aromatic nitrogens is 1. The van der Waals surface area contributed by atoms with Gasteiger partial charge < -0.3 is 4.74 Å². The van der Waals surface area contributed by atoms with E-state index in [0.717, 1.165) is 70.2 Å². The van der Waals surface area contributed by atoms with Crippen LogP contribution in [0.25, 0.3) is 21.3 Å². The molecule has 180 valence electrons. The number of thiazole rings is 1. The van der Waals surface area contributed by atoms with E-state index in [2.05, 4.69) is 63.3 Å². The monoisotopic (exact) mass is 549 g/mol. The van der Waals surface area contributed by atoms with Crippen molar-refractivity contribution in [3.05, 3.63) is 82.8 Å². The predicted molar refractivity (Wildman–Crippen MR) is 147 cm³/mol. The van der Waals surface area contributed by atoms with Gasteiger partial charge in [-0.1, -0.05) is 81.9 Å². The van der Waals surface area contributed by atoms with E-state index in [-0.39, 0.29) is 5.91 Å². The number of amides is 1. The summed E-state index contributed by atoms with van der Waals surface area (Å²) in [6.07, 6.45) is 1.25. The zero-order valence-corrected chi connectivity index (χ0v) is 21.9. The Morgan fingerprint density at radius 2 is 1.74 bits per heavy atom. The maximum Gasteiger partial charge on any atom is 0.233 e. The molecular weight excluding hydrogens is 522 g/mol. The summed E-state index contributed by atoms with van der Waals surface area (Å²) in [5.41, 5.74) is 4.26. The van der Waals surface area contributed by atoms with Crippen LogP contribution in [-0.4, -0.2) is 55.2 Å². The van der Waals surface area contributed by atoms with Crippen molar-refractivity contribution in [2.24, 2.45) is 0 Å². The minimum atomic E-state index is 0.0811. The Bertz CT molecular complexity index is 1270. The number of anilines is 1. The lowest BCUT2D eigenvalue weighted by atomic mass is 10.0. The molecule has 0 N–H and O–H groups in total. The second kappa shape index (κ2) is 11.4. The molecule has 0 atom stereocenters. The number of halogens is 1. The maximum absolute atomic E-state index is 13.5. The minimum Gasteiger partial charge on any atom is -0.379 e. The van der Waals surface area contributed by atoms with Gasteiger partial charge in [0.25, 0.3) is 0 Å². The van der Waals surface area contributed by atoms with Crippen LogP contribution in [0.2, 0.25) is 0 Å². The fraction of sp³-hybridized carbons (Fsp3) is 0.286. The average molecular weight is 551 g/mol. The molecule has 0 bridgehead atoms. The van der Waals surface area contributed by atoms with Crippen molar-refractivity contribution in [1.29, 1.82) is 0 Å². The fourth-order valence-corrected chi connectivity index (χ4v) is 5.88. The molecule has 5 nitrogen and oxygen atoms in total. The standard InChI is InChI=1S/C28H28BrN3O2S/c29-24-11-12-25-26(20-24)35-28(30-25)32(14-4-13-31-15-17-34-18-16-31)27(33)19-21-7-9-23(10-8-21)22-5-2-1-3-6-22/h1-3,5-12,20H,4,13-19H2. The van der Waals surface area contributed by atoms with Gasteiger partial charge in [-0.3, -0.25) is 14.6 Å². The first kappa shape index (κ1) is 24.1. The number of fused-ring (bicyclic) bond motifs is 1. The largest absolute Gasteiger partial charge is 0.379 e. The number of nitrogens with zero attached hydrogens (tertiary/aromatic N) is 3. The van der Waals surface area contributed by atoms with Gasteiger partial charge in [-0.15, -0.1) is 0 Å². The number of carbonyl (C=O) groups excluding carboxylic acids is 1. The third kappa shape index (κ3) is 6.16. The summed E-state index contributed by atoms with van der Waals surface area (Å²) in [4.78, 5) is 22.6. The topological polar surface area (TPSA) is 45.7 Å². The molecule has 3 aromatic carbocycles. The first-order chi connectivity index (χ1) is 17.2. The summed E-state index contributed by atoms with van der Waals surface area (Å²) in [7, 11) is 0. The molecule has 1 aromatic heterocycles. The maximum atomic E-state index is 13.5. The second-order valence-corrected chi connectivity index (χ2v) is 10.6. The summed E-state index contributed by atoms with van der Waals surface area (Å²) >= 11 is 5.12. The number of hydrogen-bond acceptors (Lipinski definition) is 5. The van der Waals surface area contributed by atoms with Gasteiger partial charge in [0.05, 0.1) is 29.9 Å². The Morgan fingerprint density at radius 1 is 1.00 bits per heavy atom. The van der Waals surface area contributed by atoms with Crippen molar-refractivity contribution in [2.45, 2.75) is 12.8 Å². The van der Waals surface area contributed by atoms with E-state index in [1.54, 1.807) is 11.3 Å². The van der Waals surface area contributed by atoms with E-state index in [1.165, 1.54) is 5.56 Å². The number of morpholine rings is 1. The summed E-state index contributed by atoms with van der Waals surface area (Å²) in [5.74, 6) is 0.0811. The lowest BCUT2D eigenvalue weighted by molar-refractivity contribution is -0.118. The van der Waals surface area contributed by atoms with Gasteiger partial charge in [-0.25, -0.2) is 4.98 Å². The van der Waals surface area contributed by atoms with E-state index < -0.39 is 0 Å². The van der Waals surface area contributed by atoms with E-state index in [9.17, 15) is 4.79 Å². The zero-order valence-electron chi connectivity index (χ0n) is 19.5. The highest BCUT2D eigenvalue weighted by Gasteiger charge is 2.21. The van der Waals surface area contributed by atoms with Gasteiger partial charge in [-0.05, 0) is 41.3 Å². The first-order valence-electron chi connectivity index (χ1n) is 12.0. The molecule has 35 heavy (non-hydrogen) atoms. The molecule has 0 spiro atoms. The Kier molecular flexibility index (Phi) is 7.88. The van der Waals surface area contributed by atoms with Crippen LogP contribution in [0.3, 0.4) is 0 Å². The number of benzene rings is 3. The molecule has 0 saturated carbocycles. The van der Waals surface area contributed by atoms with Crippen LogP contribution in [-0.2, 0) is 16.0 Å². The van der Waals surface area contributed by atoms with Crippen LogP contribution in [0.4, 0.5) is 5.13 Å². The zero-order chi connectivity index (χ0) is 24.0. The van der Waals surface area contributed by atoms with Gasteiger partial charge >= 0.3 is 0 Å². The van der Waals surface area contributed by atoms with E-state index in [0.29, 0.717) is 13.0 Å². The third-order valence-electron chi connectivity index (χ3n) is 6.25. The molecule has 1 saturated heterocycles. The fourth-order valence-electron chi connectivity index (χ4n) is 4.32. The Morgan fingerprint density at radius 3 is 2.51 bits per heavy atom. The van der Waals surface area contributed by atoms with Gasteiger partial charge in [0, 0.05) is 30.7 Å². The van der Waals surface area contributed by atoms with Crippen molar-refractivity contribution >= 4 is 48.5 Å². The smallest absolute Gasteiger partial charge is 0.233 e. The van der Waals surface area contributed by atoms with E-state index in [4.69, 9.17) is 9.72 Å². The number of ether oxygens (including phenoxy) is 1. The van der Waals surface area contributed by atoms with Gasteiger partial charge in [0.1, 0.15) is 0 Å². The average Bonchev–Trinajstić information content (AvgIpc) is 3.31. The SMILES string of the molecule is O=C(Cc1ccc(-c2ccccc2)cc1)N(CCCN1CCOCC1)c1nc2ccc(Br)cc2s1. The Balaban J connectivity index is 1.32. The molecule has 1 fully saturated rings. The number of carbonyl (C=O) groups is 1. The number of hydrogen-bond donors (Lipinski definition) is 0. The van der Waals surface area contributed by atoms with Crippen LogP contribution in [0, 0.1) is 0 Å². The van der Waals surface area contributed by atoms with Crippen LogP contribution in [0.1, 0.15) is 12.0 Å². The summed E-state index contributed by atoms with van der Waals surface area (Å²) < 4.78 is 7.56. The van der Waals surface area contributed by atoms with Gasteiger partial charge in [0.2, 0.25) is 5.91 Å². The molecule has 7 heteroatoms. The quantitative estimate of drug-likeness (QED) is 0.269. The first-order valence-corrected chi connectivity index (χ1v) is 13.6. The minimum absolute atomic E-state index is 0.0811. The van der Waals surface area contributed by atoms with Crippen LogP contribution < -0.4 is 4.90 Å². The molecule has 0 aliphatic carbocycles. The summed E-state index contributed by atoms with van der Waals surface area (Å²) in [6.45, 7) is 5.09. The Labute approximate surface area is 218 Å². The lowest BCUT2D eigenvalue weighted by Gasteiger charge is -2.27. The highest BCUT2D eigenvalue weighted by Crippen LogP contribution is 2.31. The second-order valence-electron chi connectivity index (χ2n) is 8.70. The molecule has 0 radical (unpaired) electrons. The summed E-state index contributed by atoms with van der Waals surface area (Å²) in [6, 6.07) is 24.7. The lowest BCUT2D eigenvalue weighted by Crippen LogP contribution is -2.39. The van der Waals surface area contributed by atoms with Crippen molar-refractivity contribution in [3.63, 3.8) is 0 Å². The molecular formula is C28H28BrN3O2S. The number of rotatable bonds is 8. The van der Waals surface area contributed by atoms with Crippen LogP contribution in [0.15, 0.2) is 77.3 Å². The van der Waals surface area contributed by atoms with Crippen molar-refractivity contribution in [3.8, 4) is 11.1 Å². The molecule has 4 aromatic rings. The third-order valence-corrected chi connectivity index (χ3v) is 7.78. The highest BCUT2D eigenvalue weighted by molar-refractivity contribution is 9.10.